The number of hydrogen-bond acceptors (Lipinski definition) is 5. The summed E-state index contributed by atoms with van der Waals surface area (Å²) in [5.41, 5.74) is 0.194. The smallest absolute Gasteiger partial charge is 0.332 e. The number of anilines is 1. The second kappa shape index (κ2) is 6.78. The molecule has 0 amide bonds. The average Bonchev–Trinajstić information content (AvgIpc) is 2.88. The van der Waals surface area contributed by atoms with E-state index in [1.54, 1.807) is 16.1 Å². The van der Waals surface area contributed by atoms with Crippen LogP contribution >= 0.6 is 0 Å². The Labute approximate surface area is 128 Å². The van der Waals surface area contributed by atoms with Gasteiger partial charge in [0.1, 0.15) is 0 Å². The lowest BCUT2D eigenvalue weighted by atomic mass is 10.4. The molecule has 0 aliphatic carbocycles. The highest BCUT2D eigenvalue weighted by Gasteiger charge is 2.19. The summed E-state index contributed by atoms with van der Waals surface area (Å²) < 4.78 is 4.54. The van der Waals surface area contributed by atoms with Crippen molar-refractivity contribution < 1.29 is 5.11 Å². The summed E-state index contributed by atoms with van der Waals surface area (Å²) in [6.07, 6.45) is 0.773. The van der Waals surface area contributed by atoms with Crippen LogP contribution in [0.3, 0.4) is 0 Å². The minimum Gasteiger partial charge on any atom is -0.395 e. The van der Waals surface area contributed by atoms with Gasteiger partial charge < -0.3 is 15.0 Å². The number of fused-ring (bicyclic) bond motifs is 1. The molecule has 2 heterocycles. The van der Waals surface area contributed by atoms with E-state index in [4.69, 9.17) is 5.11 Å². The third kappa shape index (κ3) is 2.54. The van der Waals surface area contributed by atoms with E-state index in [2.05, 4.69) is 10.3 Å². The summed E-state index contributed by atoms with van der Waals surface area (Å²) in [6, 6.07) is 0. The van der Waals surface area contributed by atoms with Crippen LogP contribution in [0.2, 0.25) is 0 Å². The summed E-state index contributed by atoms with van der Waals surface area (Å²) >= 11 is 0. The predicted octanol–water partition coefficient (Wildman–Crippen LogP) is 0.214. The first-order valence-corrected chi connectivity index (χ1v) is 7.69. The van der Waals surface area contributed by atoms with Gasteiger partial charge in [-0.1, -0.05) is 6.92 Å². The van der Waals surface area contributed by atoms with Crippen molar-refractivity contribution in [2.24, 2.45) is 0 Å². The molecule has 0 bridgehead atoms. The standard InChI is InChI=1S/C14H23N5O3/c1-4-8-19-11-10(12(21)18(6-3)14(19)22)17(5-2)13(16-11)15-7-9-20/h20H,4-9H2,1-3H3,(H,15,16). The number of aliphatic hydroxyl groups is 1. The maximum absolute atomic E-state index is 12.6. The summed E-state index contributed by atoms with van der Waals surface area (Å²) in [7, 11) is 0. The fourth-order valence-electron chi connectivity index (χ4n) is 2.61. The lowest BCUT2D eigenvalue weighted by Gasteiger charge is -2.10. The molecule has 2 N–H and O–H groups in total. The van der Waals surface area contributed by atoms with Crippen LogP contribution in [0.15, 0.2) is 9.59 Å². The van der Waals surface area contributed by atoms with E-state index in [1.165, 1.54) is 4.57 Å². The van der Waals surface area contributed by atoms with E-state index < -0.39 is 0 Å². The molecule has 0 saturated carbocycles. The first kappa shape index (κ1) is 16.3. The molecule has 0 aromatic carbocycles. The number of aromatic nitrogens is 4. The zero-order valence-corrected chi connectivity index (χ0v) is 13.3. The Morgan fingerprint density at radius 2 is 1.77 bits per heavy atom. The maximum Gasteiger partial charge on any atom is 0.332 e. The van der Waals surface area contributed by atoms with Gasteiger partial charge in [0.05, 0.1) is 6.61 Å². The highest BCUT2D eigenvalue weighted by atomic mass is 16.3. The third-order valence-corrected chi connectivity index (χ3v) is 3.59. The molecule has 2 rings (SSSR count). The fraction of sp³-hybridized carbons (Fsp3) is 0.643. The van der Waals surface area contributed by atoms with Gasteiger partial charge in [-0.3, -0.25) is 13.9 Å². The molecule has 122 valence electrons. The first-order valence-electron chi connectivity index (χ1n) is 7.69. The summed E-state index contributed by atoms with van der Waals surface area (Å²) in [4.78, 5) is 29.5. The number of nitrogens with one attached hydrogen (secondary N) is 1. The summed E-state index contributed by atoms with van der Waals surface area (Å²) in [6.45, 7) is 7.35. The van der Waals surface area contributed by atoms with Gasteiger partial charge in [-0.25, -0.2) is 4.79 Å². The summed E-state index contributed by atoms with van der Waals surface area (Å²) in [5.74, 6) is 0.502. The lowest BCUT2D eigenvalue weighted by molar-refractivity contribution is 0.310. The molecule has 0 unspecified atom stereocenters. The number of aliphatic hydroxyl groups excluding tert-OH is 1. The monoisotopic (exact) mass is 309 g/mol. The minimum atomic E-state index is -0.323. The van der Waals surface area contributed by atoms with Crippen LogP contribution in [0.4, 0.5) is 5.95 Å². The Bertz CT molecular complexity index is 771. The van der Waals surface area contributed by atoms with Gasteiger partial charge in [-0.2, -0.15) is 4.98 Å². The number of imidazole rings is 1. The lowest BCUT2D eigenvalue weighted by Crippen LogP contribution is -2.40. The molecule has 0 aliphatic heterocycles. The van der Waals surface area contributed by atoms with Crippen LogP contribution in [0.25, 0.3) is 11.2 Å². The Morgan fingerprint density at radius 1 is 1.09 bits per heavy atom. The molecule has 0 atom stereocenters. The Balaban J connectivity index is 2.85. The van der Waals surface area contributed by atoms with Gasteiger partial charge >= 0.3 is 5.69 Å². The molecule has 0 fully saturated rings. The second-order valence-corrected chi connectivity index (χ2v) is 4.99. The van der Waals surface area contributed by atoms with Gasteiger partial charge in [0, 0.05) is 26.2 Å². The molecule has 8 nitrogen and oxygen atoms in total. The van der Waals surface area contributed by atoms with Crippen molar-refractivity contribution in [3.05, 3.63) is 20.8 Å². The van der Waals surface area contributed by atoms with Crippen LogP contribution in [-0.2, 0) is 19.6 Å². The molecule has 0 aliphatic rings. The van der Waals surface area contributed by atoms with Crippen molar-refractivity contribution >= 4 is 17.1 Å². The molecular weight excluding hydrogens is 286 g/mol. The van der Waals surface area contributed by atoms with E-state index in [0.29, 0.717) is 43.3 Å². The second-order valence-electron chi connectivity index (χ2n) is 4.99. The molecule has 2 aromatic heterocycles. The Hall–Kier alpha value is -2.09. The number of rotatable bonds is 7. The predicted molar refractivity (Wildman–Crippen MR) is 85.5 cm³/mol. The molecule has 8 heteroatoms. The Kier molecular flexibility index (Phi) is 5.02. The topological polar surface area (TPSA) is 94.1 Å². The minimum absolute atomic E-state index is 0.0339. The van der Waals surface area contributed by atoms with Gasteiger partial charge in [-0.15, -0.1) is 0 Å². The Morgan fingerprint density at radius 3 is 2.32 bits per heavy atom. The SMILES string of the molecule is CCCn1c(=O)n(CC)c(=O)c2c1nc(NCCO)n2CC. The van der Waals surface area contributed by atoms with Gasteiger partial charge in [0.2, 0.25) is 5.95 Å². The summed E-state index contributed by atoms with van der Waals surface area (Å²) in [5, 5.41) is 12.0. The quantitative estimate of drug-likeness (QED) is 0.763. The van der Waals surface area contributed by atoms with Crippen molar-refractivity contribution in [1.82, 2.24) is 18.7 Å². The van der Waals surface area contributed by atoms with Crippen molar-refractivity contribution in [2.45, 2.75) is 46.8 Å². The van der Waals surface area contributed by atoms with E-state index in [9.17, 15) is 9.59 Å². The third-order valence-electron chi connectivity index (χ3n) is 3.59. The molecule has 0 radical (unpaired) electrons. The van der Waals surface area contributed by atoms with Crippen molar-refractivity contribution in [2.75, 3.05) is 18.5 Å². The van der Waals surface area contributed by atoms with Gasteiger partial charge in [-0.05, 0) is 20.3 Å². The van der Waals surface area contributed by atoms with Gasteiger partial charge in [0.15, 0.2) is 11.2 Å². The normalized spacial score (nSPS) is 11.3. The van der Waals surface area contributed by atoms with Gasteiger partial charge in [0.25, 0.3) is 5.56 Å². The molecule has 0 saturated heterocycles. The van der Waals surface area contributed by atoms with E-state index in [-0.39, 0.29) is 17.9 Å². The largest absolute Gasteiger partial charge is 0.395 e. The van der Waals surface area contributed by atoms with E-state index in [0.717, 1.165) is 6.42 Å². The number of hydrogen-bond donors (Lipinski definition) is 2. The van der Waals surface area contributed by atoms with Crippen LogP contribution in [0, 0.1) is 0 Å². The fourth-order valence-corrected chi connectivity index (χ4v) is 2.61. The van der Waals surface area contributed by atoms with Crippen LogP contribution in [0.1, 0.15) is 27.2 Å². The molecule has 22 heavy (non-hydrogen) atoms. The van der Waals surface area contributed by atoms with Crippen LogP contribution in [0.5, 0.6) is 0 Å². The van der Waals surface area contributed by atoms with E-state index in [1.807, 2.05) is 13.8 Å². The maximum atomic E-state index is 12.6. The first-order chi connectivity index (χ1) is 10.6. The molecule has 0 spiro atoms. The average molecular weight is 309 g/mol. The zero-order valence-electron chi connectivity index (χ0n) is 13.3. The van der Waals surface area contributed by atoms with Crippen molar-refractivity contribution in [3.8, 4) is 0 Å². The highest BCUT2D eigenvalue weighted by molar-refractivity contribution is 5.74. The van der Waals surface area contributed by atoms with Crippen molar-refractivity contribution in [3.63, 3.8) is 0 Å². The molecule has 2 aromatic rings. The number of nitrogens with zero attached hydrogens (tertiary/aromatic N) is 4. The number of aryl methyl sites for hydroxylation is 2. The highest BCUT2D eigenvalue weighted by Crippen LogP contribution is 2.16. The van der Waals surface area contributed by atoms with Crippen LogP contribution < -0.4 is 16.6 Å². The van der Waals surface area contributed by atoms with Crippen molar-refractivity contribution in [1.29, 1.82) is 0 Å². The van der Waals surface area contributed by atoms with E-state index >= 15 is 0 Å². The van der Waals surface area contributed by atoms with Crippen LogP contribution in [-0.4, -0.2) is 36.9 Å². The zero-order chi connectivity index (χ0) is 16.3. The molecular formula is C14H23N5O3.